The summed E-state index contributed by atoms with van der Waals surface area (Å²) in [7, 11) is 0. The summed E-state index contributed by atoms with van der Waals surface area (Å²) in [5.74, 6) is 1.16. The lowest BCUT2D eigenvalue weighted by molar-refractivity contribution is -0.114. The SMILES string of the molecule is CCCC(=O)/C=C/CCCCC[C@@H](C)CC. The van der Waals surface area contributed by atoms with Crippen LogP contribution in [0.3, 0.4) is 0 Å². The van der Waals surface area contributed by atoms with Gasteiger partial charge in [0.25, 0.3) is 0 Å². The van der Waals surface area contributed by atoms with Crippen LogP contribution in [0.15, 0.2) is 12.2 Å². The summed E-state index contributed by atoms with van der Waals surface area (Å²) in [6.07, 6.45) is 13.0. The summed E-state index contributed by atoms with van der Waals surface area (Å²) in [5.41, 5.74) is 0. The Bertz CT molecular complexity index is 194. The third-order valence-corrected chi connectivity index (χ3v) is 3.06. The van der Waals surface area contributed by atoms with Gasteiger partial charge in [0.15, 0.2) is 5.78 Å². The van der Waals surface area contributed by atoms with Crippen LogP contribution in [0.5, 0.6) is 0 Å². The van der Waals surface area contributed by atoms with E-state index in [1.807, 2.05) is 13.0 Å². The molecule has 1 atom stereocenters. The van der Waals surface area contributed by atoms with E-state index in [2.05, 4.69) is 13.8 Å². The molecular weight excluding hydrogens is 196 g/mol. The Balaban J connectivity index is 3.29. The predicted octanol–water partition coefficient (Wildman–Crippen LogP) is 4.91. The van der Waals surface area contributed by atoms with Crippen LogP contribution in [-0.4, -0.2) is 5.78 Å². The minimum absolute atomic E-state index is 0.280. The van der Waals surface area contributed by atoms with E-state index in [4.69, 9.17) is 0 Å². The second-order valence-electron chi connectivity index (χ2n) is 4.77. The molecule has 0 N–H and O–H groups in total. The molecule has 0 aromatic heterocycles. The van der Waals surface area contributed by atoms with Crippen molar-refractivity contribution >= 4 is 5.78 Å². The largest absolute Gasteiger partial charge is 0.295 e. The molecular formula is C15H28O. The first-order chi connectivity index (χ1) is 7.70. The van der Waals surface area contributed by atoms with Crippen molar-refractivity contribution in [1.29, 1.82) is 0 Å². The Hall–Kier alpha value is -0.590. The van der Waals surface area contributed by atoms with Crippen molar-refractivity contribution in [2.24, 2.45) is 5.92 Å². The molecule has 0 saturated heterocycles. The van der Waals surface area contributed by atoms with Gasteiger partial charge in [0.1, 0.15) is 0 Å². The fourth-order valence-electron chi connectivity index (χ4n) is 1.68. The first-order valence-corrected chi connectivity index (χ1v) is 6.90. The first kappa shape index (κ1) is 15.4. The number of ketones is 1. The lowest BCUT2D eigenvalue weighted by Crippen LogP contribution is -1.91. The van der Waals surface area contributed by atoms with E-state index in [0.29, 0.717) is 6.42 Å². The van der Waals surface area contributed by atoms with Crippen LogP contribution in [0.1, 0.15) is 72.1 Å². The molecule has 1 heteroatoms. The van der Waals surface area contributed by atoms with Crippen molar-refractivity contribution in [2.75, 3.05) is 0 Å². The molecule has 0 unspecified atom stereocenters. The predicted molar refractivity (Wildman–Crippen MR) is 71.6 cm³/mol. The highest BCUT2D eigenvalue weighted by Gasteiger charge is 1.97. The lowest BCUT2D eigenvalue weighted by Gasteiger charge is -2.06. The molecule has 0 aromatic carbocycles. The van der Waals surface area contributed by atoms with Crippen LogP contribution < -0.4 is 0 Å². The number of carbonyl (C=O) groups excluding carboxylic acids is 1. The van der Waals surface area contributed by atoms with Gasteiger partial charge >= 0.3 is 0 Å². The molecule has 0 fully saturated rings. The van der Waals surface area contributed by atoms with Crippen LogP contribution >= 0.6 is 0 Å². The van der Waals surface area contributed by atoms with Crippen LogP contribution in [-0.2, 0) is 4.79 Å². The molecule has 94 valence electrons. The summed E-state index contributed by atoms with van der Waals surface area (Å²) in [4.78, 5) is 11.2. The van der Waals surface area contributed by atoms with Crippen LogP contribution in [0, 0.1) is 5.92 Å². The van der Waals surface area contributed by atoms with Crippen LogP contribution in [0.4, 0.5) is 0 Å². The zero-order valence-corrected chi connectivity index (χ0v) is 11.3. The minimum Gasteiger partial charge on any atom is -0.295 e. The number of unbranched alkanes of at least 4 members (excludes halogenated alkanes) is 3. The molecule has 0 aliphatic heterocycles. The average Bonchev–Trinajstić information content (AvgIpc) is 2.27. The molecule has 0 rings (SSSR count). The first-order valence-electron chi connectivity index (χ1n) is 6.90. The third kappa shape index (κ3) is 9.95. The van der Waals surface area contributed by atoms with E-state index in [9.17, 15) is 4.79 Å². The van der Waals surface area contributed by atoms with Crippen LogP contribution in [0.25, 0.3) is 0 Å². The van der Waals surface area contributed by atoms with Gasteiger partial charge in [-0.15, -0.1) is 0 Å². The summed E-state index contributed by atoms with van der Waals surface area (Å²) < 4.78 is 0. The third-order valence-electron chi connectivity index (χ3n) is 3.06. The van der Waals surface area contributed by atoms with Crippen LogP contribution in [0.2, 0.25) is 0 Å². The zero-order chi connectivity index (χ0) is 12.2. The van der Waals surface area contributed by atoms with E-state index in [-0.39, 0.29) is 5.78 Å². The molecule has 0 radical (unpaired) electrons. The summed E-state index contributed by atoms with van der Waals surface area (Å²) in [6, 6.07) is 0. The molecule has 0 heterocycles. The maximum atomic E-state index is 11.2. The van der Waals surface area contributed by atoms with Crippen molar-refractivity contribution in [3.63, 3.8) is 0 Å². The Kier molecular flexibility index (Phi) is 10.5. The van der Waals surface area contributed by atoms with Gasteiger partial charge in [-0.25, -0.2) is 0 Å². The topological polar surface area (TPSA) is 17.1 Å². The lowest BCUT2D eigenvalue weighted by atomic mass is 10.0. The number of allylic oxidation sites excluding steroid dienone is 2. The standard InChI is InChI=1S/C15H28O/c1-4-11-15(16)13-10-8-6-7-9-12-14(3)5-2/h10,13-14H,4-9,11-12H2,1-3H3/b13-10+/t14-/m0/s1. The van der Waals surface area contributed by atoms with Gasteiger partial charge in [-0.1, -0.05) is 52.5 Å². The van der Waals surface area contributed by atoms with Gasteiger partial charge in [0.2, 0.25) is 0 Å². The molecule has 0 amide bonds. The molecule has 0 spiro atoms. The number of rotatable bonds is 10. The second-order valence-corrected chi connectivity index (χ2v) is 4.77. The van der Waals surface area contributed by atoms with Crippen molar-refractivity contribution in [3.8, 4) is 0 Å². The number of carbonyl (C=O) groups is 1. The Morgan fingerprint density at radius 1 is 1.19 bits per heavy atom. The normalized spacial score (nSPS) is 13.2. The van der Waals surface area contributed by atoms with E-state index in [0.717, 1.165) is 18.8 Å². The highest BCUT2D eigenvalue weighted by molar-refractivity contribution is 5.89. The fraction of sp³-hybridized carbons (Fsp3) is 0.800. The highest BCUT2D eigenvalue weighted by atomic mass is 16.1. The zero-order valence-electron chi connectivity index (χ0n) is 11.3. The van der Waals surface area contributed by atoms with E-state index in [1.54, 1.807) is 6.08 Å². The molecule has 0 saturated carbocycles. The molecule has 1 nitrogen and oxygen atoms in total. The van der Waals surface area contributed by atoms with Crippen molar-refractivity contribution in [2.45, 2.75) is 72.1 Å². The monoisotopic (exact) mass is 224 g/mol. The molecule has 0 aromatic rings. The average molecular weight is 224 g/mol. The molecule has 0 bridgehead atoms. The van der Waals surface area contributed by atoms with Gasteiger partial charge in [-0.3, -0.25) is 4.79 Å². The molecule has 0 aliphatic carbocycles. The summed E-state index contributed by atoms with van der Waals surface area (Å²) in [6.45, 7) is 6.62. The second kappa shape index (κ2) is 10.9. The highest BCUT2D eigenvalue weighted by Crippen LogP contribution is 2.13. The smallest absolute Gasteiger partial charge is 0.155 e. The van der Waals surface area contributed by atoms with Crippen molar-refractivity contribution < 1.29 is 4.79 Å². The number of hydrogen-bond acceptors (Lipinski definition) is 1. The Morgan fingerprint density at radius 3 is 2.56 bits per heavy atom. The summed E-state index contributed by atoms with van der Waals surface area (Å²) >= 11 is 0. The van der Waals surface area contributed by atoms with E-state index >= 15 is 0 Å². The maximum absolute atomic E-state index is 11.2. The van der Waals surface area contributed by atoms with E-state index < -0.39 is 0 Å². The molecule has 16 heavy (non-hydrogen) atoms. The Labute approximate surface area is 101 Å². The van der Waals surface area contributed by atoms with Gasteiger partial charge in [-0.05, 0) is 31.3 Å². The quantitative estimate of drug-likeness (QED) is 0.381. The number of hydrogen-bond donors (Lipinski definition) is 0. The Morgan fingerprint density at radius 2 is 1.94 bits per heavy atom. The van der Waals surface area contributed by atoms with Gasteiger partial charge in [0.05, 0.1) is 0 Å². The van der Waals surface area contributed by atoms with Gasteiger partial charge in [-0.2, -0.15) is 0 Å². The molecule has 0 aliphatic rings. The summed E-state index contributed by atoms with van der Waals surface area (Å²) in [5, 5.41) is 0. The van der Waals surface area contributed by atoms with E-state index in [1.165, 1.54) is 32.1 Å². The van der Waals surface area contributed by atoms with Gasteiger partial charge in [0, 0.05) is 6.42 Å². The van der Waals surface area contributed by atoms with Gasteiger partial charge < -0.3 is 0 Å². The maximum Gasteiger partial charge on any atom is 0.155 e. The van der Waals surface area contributed by atoms with Crippen molar-refractivity contribution in [3.05, 3.63) is 12.2 Å². The fourth-order valence-corrected chi connectivity index (χ4v) is 1.68. The van der Waals surface area contributed by atoms with Crippen molar-refractivity contribution in [1.82, 2.24) is 0 Å². The minimum atomic E-state index is 0.280.